The fraction of sp³-hybridized carbons (Fsp3) is 0.286. The lowest BCUT2D eigenvalue weighted by Gasteiger charge is -2.19. The van der Waals surface area contributed by atoms with Gasteiger partial charge in [0.25, 0.3) is 0 Å². The molecule has 8 heteroatoms. The molecule has 3 aromatic rings. The first-order valence-corrected chi connectivity index (χ1v) is 10.7. The fourth-order valence-electron chi connectivity index (χ4n) is 2.75. The van der Waals surface area contributed by atoms with Crippen molar-refractivity contribution in [1.82, 2.24) is 14.8 Å². The van der Waals surface area contributed by atoms with Crippen LogP contribution >= 0.6 is 35.0 Å². The highest BCUT2D eigenvalue weighted by molar-refractivity contribution is 8.00. The number of halogens is 2. The number of hydrogen-bond acceptors (Lipinski definition) is 4. The summed E-state index contributed by atoms with van der Waals surface area (Å²) in [5.41, 5.74) is 8.20. The average molecular weight is 449 g/mol. The molecule has 0 aliphatic carbocycles. The Bertz CT molecular complexity index is 1040. The van der Waals surface area contributed by atoms with Gasteiger partial charge in [0.1, 0.15) is 0 Å². The predicted molar refractivity (Wildman–Crippen MR) is 120 cm³/mol. The molecule has 1 aromatic heterocycles. The summed E-state index contributed by atoms with van der Waals surface area (Å²) in [5, 5.41) is 9.51. The number of benzene rings is 2. The van der Waals surface area contributed by atoms with Gasteiger partial charge in [-0.2, -0.15) is 0 Å². The van der Waals surface area contributed by atoms with Crippen molar-refractivity contribution in [1.29, 1.82) is 0 Å². The number of hydrogen-bond donors (Lipinski definition) is 1. The molecule has 0 saturated carbocycles. The second kappa shape index (κ2) is 8.38. The van der Waals surface area contributed by atoms with Gasteiger partial charge in [0.05, 0.1) is 21.0 Å². The highest BCUT2D eigenvalue weighted by Crippen LogP contribution is 2.36. The first kappa shape index (κ1) is 21.7. The lowest BCUT2D eigenvalue weighted by atomic mass is 9.87. The van der Waals surface area contributed by atoms with E-state index < -0.39 is 11.2 Å². The van der Waals surface area contributed by atoms with Crippen LogP contribution in [0.3, 0.4) is 0 Å². The largest absolute Gasteiger partial charge is 0.369 e. The molecule has 29 heavy (non-hydrogen) atoms. The third kappa shape index (κ3) is 4.60. The molecule has 0 saturated heterocycles. The Morgan fingerprint density at radius 2 is 1.76 bits per heavy atom. The van der Waals surface area contributed by atoms with E-state index >= 15 is 0 Å². The third-order valence-electron chi connectivity index (χ3n) is 4.50. The van der Waals surface area contributed by atoms with Gasteiger partial charge >= 0.3 is 0 Å². The number of aromatic nitrogens is 3. The molecule has 2 N–H and O–H groups in total. The molecule has 1 amide bonds. The minimum absolute atomic E-state index is 0.0421. The zero-order valence-electron chi connectivity index (χ0n) is 16.6. The summed E-state index contributed by atoms with van der Waals surface area (Å²) >= 11 is 14.0. The third-order valence-corrected chi connectivity index (χ3v) is 6.37. The summed E-state index contributed by atoms with van der Waals surface area (Å²) in [6.45, 7) is 8.21. The van der Waals surface area contributed by atoms with Gasteiger partial charge in [-0.25, -0.2) is 0 Å². The topological polar surface area (TPSA) is 73.8 Å². The van der Waals surface area contributed by atoms with Crippen LogP contribution < -0.4 is 5.73 Å². The van der Waals surface area contributed by atoms with E-state index in [2.05, 4.69) is 43.1 Å². The smallest absolute Gasteiger partial charge is 0.230 e. The van der Waals surface area contributed by atoms with Gasteiger partial charge in [0.2, 0.25) is 5.91 Å². The molecular formula is C21H22Cl2N4OS. The maximum Gasteiger partial charge on any atom is 0.230 e. The standard InChI is InChI=1S/C21H22Cl2N4OS/c1-12(18(24)28)29-20-26-25-19(13-8-10-14(11-9-13)21(2,3)4)27(20)16-7-5-6-15(22)17(16)23/h5-12H,1-4H3,(H2,24,28). The van der Waals surface area contributed by atoms with Crippen LogP contribution in [0.2, 0.25) is 10.0 Å². The Morgan fingerprint density at radius 1 is 1.10 bits per heavy atom. The Kier molecular flexibility index (Phi) is 6.27. The molecule has 5 nitrogen and oxygen atoms in total. The summed E-state index contributed by atoms with van der Waals surface area (Å²) in [5.74, 6) is 0.173. The first-order chi connectivity index (χ1) is 13.6. The van der Waals surface area contributed by atoms with Crippen molar-refractivity contribution in [2.45, 2.75) is 43.5 Å². The summed E-state index contributed by atoms with van der Waals surface area (Å²) in [4.78, 5) is 11.6. The molecule has 152 valence electrons. The van der Waals surface area contributed by atoms with Gasteiger partial charge in [-0.05, 0) is 30.0 Å². The van der Waals surface area contributed by atoms with Gasteiger partial charge < -0.3 is 5.73 Å². The van der Waals surface area contributed by atoms with Crippen LogP contribution in [0.15, 0.2) is 47.6 Å². The monoisotopic (exact) mass is 448 g/mol. The quantitative estimate of drug-likeness (QED) is 0.522. The Morgan fingerprint density at radius 3 is 2.34 bits per heavy atom. The number of rotatable bonds is 5. The lowest BCUT2D eigenvalue weighted by Crippen LogP contribution is -2.23. The number of amides is 1. The van der Waals surface area contributed by atoms with E-state index in [0.29, 0.717) is 26.7 Å². The van der Waals surface area contributed by atoms with Crippen LogP contribution in [0.1, 0.15) is 33.3 Å². The summed E-state index contributed by atoms with van der Waals surface area (Å²) in [6, 6.07) is 13.5. The van der Waals surface area contributed by atoms with Gasteiger partial charge in [-0.1, -0.05) is 86.1 Å². The van der Waals surface area contributed by atoms with Crippen molar-refractivity contribution < 1.29 is 4.79 Å². The molecule has 3 rings (SSSR count). The van der Waals surface area contributed by atoms with E-state index in [-0.39, 0.29) is 5.41 Å². The molecule has 0 bridgehead atoms. The Labute approximate surface area is 184 Å². The van der Waals surface area contributed by atoms with Gasteiger partial charge in [-0.15, -0.1) is 10.2 Å². The number of nitrogens with zero attached hydrogens (tertiary/aromatic N) is 3. The first-order valence-electron chi connectivity index (χ1n) is 9.06. The molecule has 1 unspecified atom stereocenters. The van der Waals surface area contributed by atoms with E-state index in [0.717, 1.165) is 5.56 Å². The summed E-state index contributed by atoms with van der Waals surface area (Å²) < 4.78 is 1.81. The van der Waals surface area contributed by atoms with Crippen LogP contribution in [0.25, 0.3) is 17.1 Å². The van der Waals surface area contributed by atoms with Gasteiger partial charge in [-0.3, -0.25) is 9.36 Å². The minimum Gasteiger partial charge on any atom is -0.369 e. The zero-order valence-corrected chi connectivity index (χ0v) is 18.9. The van der Waals surface area contributed by atoms with Crippen LogP contribution in [-0.2, 0) is 10.2 Å². The highest BCUT2D eigenvalue weighted by Gasteiger charge is 2.23. The Balaban J connectivity index is 2.16. The number of carbonyl (C=O) groups is 1. The van der Waals surface area contributed by atoms with Crippen molar-refractivity contribution in [2.75, 3.05) is 0 Å². The van der Waals surface area contributed by atoms with Crippen LogP contribution in [0.4, 0.5) is 0 Å². The number of nitrogens with two attached hydrogens (primary N) is 1. The second-order valence-electron chi connectivity index (χ2n) is 7.70. The van der Waals surface area contributed by atoms with E-state index in [4.69, 9.17) is 28.9 Å². The van der Waals surface area contributed by atoms with Crippen LogP contribution in [0, 0.1) is 0 Å². The van der Waals surface area contributed by atoms with Gasteiger partial charge in [0.15, 0.2) is 11.0 Å². The number of primary amides is 1. The second-order valence-corrected chi connectivity index (χ2v) is 9.80. The lowest BCUT2D eigenvalue weighted by molar-refractivity contribution is -0.117. The van der Waals surface area contributed by atoms with E-state index in [1.54, 1.807) is 13.0 Å². The maximum absolute atomic E-state index is 11.6. The van der Waals surface area contributed by atoms with E-state index in [9.17, 15) is 4.79 Å². The molecule has 0 spiro atoms. The van der Waals surface area contributed by atoms with Gasteiger partial charge in [0, 0.05) is 5.56 Å². The molecule has 1 heterocycles. The average Bonchev–Trinajstić information content (AvgIpc) is 3.06. The molecule has 0 fully saturated rings. The predicted octanol–water partition coefficient (Wildman–Crippen LogP) is 5.50. The van der Waals surface area contributed by atoms with Crippen molar-refractivity contribution in [3.8, 4) is 17.1 Å². The maximum atomic E-state index is 11.6. The molecule has 0 aliphatic rings. The van der Waals surface area contributed by atoms with Crippen LogP contribution in [0.5, 0.6) is 0 Å². The molecule has 1 atom stereocenters. The normalized spacial score (nSPS) is 12.8. The summed E-state index contributed by atoms with van der Waals surface area (Å²) in [7, 11) is 0. The van der Waals surface area contributed by atoms with Crippen LogP contribution in [-0.4, -0.2) is 25.9 Å². The minimum atomic E-state index is -0.480. The van der Waals surface area contributed by atoms with E-state index in [1.165, 1.54) is 17.3 Å². The van der Waals surface area contributed by atoms with E-state index in [1.807, 2.05) is 28.8 Å². The van der Waals surface area contributed by atoms with Crippen molar-refractivity contribution >= 4 is 40.9 Å². The van der Waals surface area contributed by atoms with Crippen molar-refractivity contribution in [3.63, 3.8) is 0 Å². The number of carbonyl (C=O) groups excluding carboxylic acids is 1. The van der Waals surface area contributed by atoms with Crippen molar-refractivity contribution in [3.05, 3.63) is 58.1 Å². The molecule has 2 aromatic carbocycles. The fourth-order valence-corrected chi connectivity index (χ4v) is 3.94. The molecule has 0 aliphatic heterocycles. The summed E-state index contributed by atoms with van der Waals surface area (Å²) in [6.07, 6.45) is 0. The zero-order chi connectivity index (χ0) is 21.3. The molecule has 0 radical (unpaired) electrons. The van der Waals surface area contributed by atoms with Crippen molar-refractivity contribution in [2.24, 2.45) is 5.73 Å². The highest BCUT2D eigenvalue weighted by atomic mass is 35.5. The number of thioether (sulfide) groups is 1. The Hall–Kier alpha value is -2.02. The SMILES string of the molecule is CC(Sc1nnc(-c2ccc(C(C)(C)C)cc2)n1-c1cccc(Cl)c1Cl)C(N)=O. The molecular weight excluding hydrogens is 427 g/mol.